The van der Waals surface area contributed by atoms with Gasteiger partial charge in [0.25, 0.3) is 0 Å². The first-order valence-electron chi connectivity index (χ1n) is 16.0. The van der Waals surface area contributed by atoms with E-state index >= 15 is 0 Å². The van der Waals surface area contributed by atoms with Crippen LogP contribution in [0.5, 0.6) is 0 Å². The van der Waals surface area contributed by atoms with Gasteiger partial charge in [0.05, 0.1) is 11.0 Å². The van der Waals surface area contributed by atoms with Crippen LogP contribution in [-0.4, -0.2) is 19.5 Å². The minimum Gasteiger partial charge on any atom is -0.309 e. The van der Waals surface area contributed by atoms with E-state index in [4.69, 9.17) is 15.0 Å². The summed E-state index contributed by atoms with van der Waals surface area (Å²) in [6.45, 7) is 0. The molecule has 0 amide bonds. The van der Waals surface area contributed by atoms with Crippen LogP contribution in [-0.2, 0) is 0 Å². The SMILES string of the molecule is c1ccc(-c2nc(-c3ccccc3)nc(-c3ccc(-n4c5ccccc5c5c6c(ccc54)sc4ccc5ccccc5c46)cc3)n2)cc1. The van der Waals surface area contributed by atoms with Gasteiger partial charge in [-0.2, -0.15) is 0 Å². The molecule has 0 aliphatic carbocycles. The second kappa shape index (κ2) is 10.7. The first-order valence-corrected chi connectivity index (χ1v) is 16.9. The van der Waals surface area contributed by atoms with E-state index in [9.17, 15) is 0 Å². The number of hydrogen-bond donors (Lipinski definition) is 0. The minimum absolute atomic E-state index is 0.648. The summed E-state index contributed by atoms with van der Waals surface area (Å²) in [6.07, 6.45) is 0. The highest BCUT2D eigenvalue weighted by atomic mass is 32.1. The van der Waals surface area contributed by atoms with Crippen LogP contribution in [0.1, 0.15) is 0 Å². The number of aromatic nitrogens is 4. The zero-order chi connectivity index (χ0) is 31.6. The summed E-state index contributed by atoms with van der Waals surface area (Å²) in [7, 11) is 0. The summed E-state index contributed by atoms with van der Waals surface area (Å²) in [6, 6.07) is 55.4. The molecule has 0 radical (unpaired) electrons. The smallest absolute Gasteiger partial charge is 0.164 e. The highest BCUT2D eigenvalue weighted by Crippen LogP contribution is 2.45. The molecule has 5 heteroatoms. The number of fused-ring (bicyclic) bond motifs is 9. The fourth-order valence-electron chi connectivity index (χ4n) is 7.06. The normalized spacial score (nSPS) is 11.8. The van der Waals surface area contributed by atoms with Crippen LogP contribution in [0.15, 0.2) is 158 Å². The molecule has 0 saturated carbocycles. The third-order valence-electron chi connectivity index (χ3n) is 9.24. The van der Waals surface area contributed by atoms with Gasteiger partial charge in [0.15, 0.2) is 17.5 Å². The van der Waals surface area contributed by atoms with E-state index in [-0.39, 0.29) is 0 Å². The molecule has 0 N–H and O–H groups in total. The van der Waals surface area contributed by atoms with Gasteiger partial charge in [0.2, 0.25) is 0 Å². The van der Waals surface area contributed by atoms with Gasteiger partial charge in [0, 0.05) is 53.3 Å². The van der Waals surface area contributed by atoms with E-state index in [2.05, 4.69) is 102 Å². The molecule has 7 aromatic carbocycles. The first kappa shape index (κ1) is 27.0. The molecule has 4 nitrogen and oxygen atoms in total. The van der Waals surface area contributed by atoms with Gasteiger partial charge in [-0.1, -0.05) is 109 Å². The average molecular weight is 631 g/mol. The van der Waals surface area contributed by atoms with Crippen LogP contribution < -0.4 is 0 Å². The second-order valence-corrected chi connectivity index (χ2v) is 13.1. The maximum absolute atomic E-state index is 4.95. The van der Waals surface area contributed by atoms with Gasteiger partial charge in [-0.3, -0.25) is 0 Å². The van der Waals surface area contributed by atoms with Crippen molar-refractivity contribution in [3.8, 4) is 39.9 Å². The predicted molar refractivity (Wildman–Crippen MR) is 201 cm³/mol. The van der Waals surface area contributed by atoms with Crippen LogP contribution in [0.2, 0.25) is 0 Å². The number of nitrogens with zero attached hydrogens (tertiary/aromatic N) is 4. The van der Waals surface area contributed by atoms with Gasteiger partial charge >= 0.3 is 0 Å². The van der Waals surface area contributed by atoms with E-state index in [1.54, 1.807) is 0 Å². The van der Waals surface area contributed by atoms with Crippen molar-refractivity contribution in [2.75, 3.05) is 0 Å². The Morgan fingerprint density at radius 1 is 0.375 bits per heavy atom. The Morgan fingerprint density at radius 3 is 1.60 bits per heavy atom. The Bertz CT molecular complexity index is 2760. The lowest BCUT2D eigenvalue weighted by molar-refractivity contribution is 1.07. The molecule has 0 fully saturated rings. The summed E-state index contributed by atoms with van der Waals surface area (Å²) < 4.78 is 5.02. The Balaban J connectivity index is 1.17. The van der Waals surface area contributed by atoms with Crippen molar-refractivity contribution in [3.05, 3.63) is 158 Å². The third-order valence-corrected chi connectivity index (χ3v) is 10.4. The molecule has 48 heavy (non-hydrogen) atoms. The van der Waals surface area contributed by atoms with E-state index in [0.29, 0.717) is 17.5 Å². The Kier molecular flexibility index (Phi) is 6.01. The molecular weight excluding hydrogens is 605 g/mol. The Labute approximate surface area is 280 Å². The van der Waals surface area contributed by atoms with Crippen molar-refractivity contribution in [1.82, 2.24) is 19.5 Å². The van der Waals surface area contributed by atoms with Gasteiger partial charge < -0.3 is 4.57 Å². The molecule has 3 heterocycles. The average Bonchev–Trinajstić information content (AvgIpc) is 3.71. The van der Waals surface area contributed by atoms with E-state index in [1.807, 2.05) is 72.0 Å². The third kappa shape index (κ3) is 4.18. The van der Waals surface area contributed by atoms with Crippen LogP contribution in [0.3, 0.4) is 0 Å². The summed E-state index contributed by atoms with van der Waals surface area (Å²) in [5.41, 5.74) is 6.33. The van der Waals surface area contributed by atoms with Crippen molar-refractivity contribution in [2.45, 2.75) is 0 Å². The van der Waals surface area contributed by atoms with Gasteiger partial charge in [-0.15, -0.1) is 11.3 Å². The standard InChI is InChI=1S/C43H26N4S/c1-3-12-28(13-4-1)41-44-42(29-14-5-2-6-15-29)46-43(45-41)30-19-22-31(23-20-30)47-34-18-10-9-17-33(34)38-35(47)24-26-37-40(38)39-32-16-8-7-11-27(32)21-25-36(39)48-37/h1-26H. The Hall–Kier alpha value is -6.17. The monoisotopic (exact) mass is 630 g/mol. The van der Waals surface area contributed by atoms with Crippen molar-refractivity contribution in [2.24, 2.45) is 0 Å². The number of benzene rings is 7. The number of hydrogen-bond acceptors (Lipinski definition) is 4. The molecule has 224 valence electrons. The first-order chi connectivity index (χ1) is 23.8. The Morgan fingerprint density at radius 2 is 0.917 bits per heavy atom. The van der Waals surface area contributed by atoms with E-state index < -0.39 is 0 Å². The molecule has 0 bridgehead atoms. The summed E-state index contributed by atoms with van der Waals surface area (Å²) in [4.78, 5) is 14.8. The van der Waals surface area contributed by atoms with Gasteiger partial charge in [0.1, 0.15) is 0 Å². The molecule has 0 aliphatic rings. The second-order valence-electron chi connectivity index (χ2n) is 12.0. The molecule has 3 aromatic heterocycles. The van der Waals surface area contributed by atoms with Crippen molar-refractivity contribution < 1.29 is 0 Å². The minimum atomic E-state index is 0.648. The fraction of sp³-hybridized carbons (Fsp3) is 0. The highest BCUT2D eigenvalue weighted by molar-refractivity contribution is 7.26. The molecule has 10 aromatic rings. The van der Waals surface area contributed by atoms with Crippen LogP contribution in [0, 0.1) is 0 Å². The van der Waals surface area contributed by atoms with E-state index in [1.165, 1.54) is 52.8 Å². The highest BCUT2D eigenvalue weighted by Gasteiger charge is 2.19. The maximum atomic E-state index is 4.95. The number of rotatable bonds is 4. The van der Waals surface area contributed by atoms with Gasteiger partial charge in [-0.05, 0) is 59.3 Å². The largest absolute Gasteiger partial charge is 0.309 e. The molecule has 0 unspecified atom stereocenters. The fourth-order valence-corrected chi connectivity index (χ4v) is 8.19. The molecule has 0 atom stereocenters. The summed E-state index contributed by atoms with van der Waals surface area (Å²) in [5, 5.41) is 7.81. The maximum Gasteiger partial charge on any atom is 0.164 e. The lowest BCUT2D eigenvalue weighted by Gasteiger charge is -2.11. The van der Waals surface area contributed by atoms with Crippen LogP contribution in [0.25, 0.3) is 92.6 Å². The van der Waals surface area contributed by atoms with Crippen molar-refractivity contribution in [3.63, 3.8) is 0 Å². The van der Waals surface area contributed by atoms with Gasteiger partial charge in [-0.25, -0.2) is 15.0 Å². The molecule has 0 aliphatic heterocycles. The summed E-state index contributed by atoms with van der Waals surface area (Å²) >= 11 is 1.88. The topological polar surface area (TPSA) is 43.6 Å². The molecule has 10 rings (SSSR count). The number of thiophene rings is 1. The van der Waals surface area contributed by atoms with Crippen molar-refractivity contribution >= 4 is 64.1 Å². The molecule has 0 saturated heterocycles. The molecule has 0 spiro atoms. The number of para-hydroxylation sites is 1. The zero-order valence-corrected chi connectivity index (χ0v) is 26.5. The van der Waals surface area contributed by atoms with E-state index in [0.717, 1.165) is 22.4 Å². The lowest BCUT2D eigenvalue weighted by Crippen LogP contribution is -2.00. The quantitative estimate of drug-likeness (QED) is 0.194. The molecular formula is C43H26N4S. The lowest BCUT2D eigenvalue weighted by atomic mass is 10.0. The van der Waals surface area contributed by atoms with Crippen LogP contribution >= 0.6 is 11.3 Å². The zero-order valence-electron chi connectivity index (χ0n) is 25.7. The predicted octanol–water partition coefficient (Wildman–Crippen LogP) is 11.5. The van der Waals surface area contributed by atoms with Crippen molar-refractivity contribution in [1.29, 1.82) is 0 Å². The summed E-state index contributed by atoms with van der Waals surface area (Å²) in [5.74, 6) is 1.96. The van der Waals surface area contributed by atoms with Crippen LogP contribution in [0.4, 0.5) is 0 Å².